The number of hydrogen-bond acceptors (Lipinski definition) is 11. The third-order valence-corrected chi connectivity index (χ3v) is 15.3. The molecule has 1 spiro atoms. The molecule has 9 rings (SSSR count). The summed E-state index contributed by atoms with van der Waals surface area (Å²) in [4.78, 5) is 53.4. The molecule has 0 amide bonds. The van der Waals surface area contributed by atoms with Gasteiger partial charge in [-0.1, -0.05) is 50.1 Å². The molecule has 12 nitrogen and oxygen atoms in total. The zero-order valence-corrected chi connectivity index (χ0v) is 34.9. The number of esters is 3. The minimum atomic E-state index is -2.24. The first-order chi connectivity index (χ1) is 27.9. The van der Waals surface area contributed by atoms with Crippen LogP contribution in [0.3, 0.4) is 0 Å². The zero-order chi connectivity index (χ0) is 40.9. The molecule has 1 saturated carbocycles. The van der Waals surface area contributed by atoms with Gasteiger partial charge in [-0.25, -0.2) is 4.79 Å². The van der Waals surface area contributed by atoms with E-state index in [0.717, 1.165) is 77.9 Å². The van der Waals surface area contributed by atoms with Crippen LogP contribution in [-0.2, 0) is 45.8 Å². The molecule has 2 aromatic carbocycles. The number of piperidine rings is 1. The first-order valence-corrected chi connectivity index (χ1v) is 21.2. The molecule has 10 unspecified atom stereocenters. The summed E-state index contributed by atoms with van der Waals surface area (Å²) in [5.74, 6) is -1.04. The standard InChI is InChI=1S/C46H58N4O8/c1-8-27-20-28-23-45(42(52)56-6,38-31(15-17-49(24-27)25-28)30-12-10-11-13-34(30)47-38)33-21-32-35(22-36(33)55-5)48(4)41-44(32)16-19-50-18-14-29(9-2)37(39(44)50)40(58-26(3)51)46(41,54)43(53)57-7/h10-14,21-22,27-28,37,39-41,47,54H,8-9,15-20,23-25H2,1-7H3. The third kappa shape index (κ3) is 5.19. The molecular formula is C46H58N4O8. The summed E-state index contributed by atoms with van der Waals surface area (Å²) < 4.78 is 24.0. The van der Waals surface area contributed by atoms with Crippen LogP contribution in [0.25, 0.3) is 10.9 Å². The predicted molar refractivity (Wildman–Crippen MR) is 219 cm³/mol. The summed E-state index contributed by atoms with van der Waals surface area (Å²) in [5.41, 5.74) is 2.02. The van der Waals surface area contributed by atoms with Crippen molar-refractivity contribution in [2.45, 2.75) is 93.9 Å². The Hall–Kier alpha value is -4.39. The van der Waals surface area contributed by atoms with E-state index in [1.807, 2.05) is 24.1 Å². The Bertz CT molecular complexity index is 2200. The summed E-state index contributed by atoms with van der Waals surface area (Å²) in [6.45, 7) is 9.87. The van der Waals surface area contributed by atoms with E-state index < -0.39 is 46.4 Å². The van der Waals surface area contributed by atoms with E-state index in [1.54, 1.807) is 7.11 Å². The normalized spacial score (nSPS) is 35.0. The van der Waals surface area contributed by atoms with Gasteiger partial charge in [0, 0.05) is 91.4 Å². The van der Waals surface area contributed by atoms with Crippen molar-refractivity contribution in [3.8, 4) is 5.75 Å². The molecule has 6 heterocycles. The number of fused-ring (bicyclic) bond motifs is 6. The number of carbonyl (C=O) groups excluding carboxylic acids is 3. The fraction of sp³-hybridized carbons (Fsp3) is 0.587. The maximum atomic E-state index is 15.3. The molecule has 58 heavy (non-hydrogen) atoms. The second kappa shape index (κ2) is 14.1. The molecule has 0 radical (unpaired) electrons. The van der Waals surface area contributed by atoms with Gasteiger partial charge in [0.15, 0.2) is 6.10 Å². The lowest BCUT2D eigenvalue weighted by molar-refractivity contribution is -0.212. The number of nitrogens with zero attached hydrogens (tertiary/aromatic N) is 3. The molecule has 1 aromatic heterocycles. The summed E-state index contributed by atoms with van der Waals surface area (Å²) in [7, 11) is 6.29. The van der Waals surface area contributed by atoms with Crippen LogP contribution >= 0.6 is 0 Å². The Morgan fingerprint density at radius 2 is 1.78 bits per heavy atom. The van der Waals surface area contributed by atoms with Crippen LogP contribution in [-0.4, -0.2) is 123 Å². The van der Waals surface area contributed by atoms with Gasteiger partial charge in [0.25, 0.3) is 0 Å². The number of nitrogens with one attached hydrogen (secondary N) is 1. The van der Waals surface area contributed by atoms with Crippen molar-refractivity contribution < 1.29 is 38.4 Å². The average molecular weight is 795 g/mol. The van der Waals surface area contributed by atoms with Crippen molar-refractivity contribution >= 4 is 34.5 Å². The SMILES string of the molecule is CCC1=CCN2CCC34c5cc(C6(C(=O)OC)CC7CC(CC)CN(CCc8c6[nH]c6ccccc86)C7)c(OC)cc5N(C)C3C(O)(C(=O)OC)C(OC(C)=O)C1C24. The van der Waals surface area contributed by atoms with Gasteiger partial charge in [0.1, 0.15) is 11.2 Å². The highest BCUT2D eigenvalue weighted by molar-refractivity contribution is 5.95. The monoisotopic (exact) mass is 794 g/mol. The lowest BCUT2D eigenvalue weighted by atomic mass is 9.52. The van der Waals surface area contributed by atoms with E-state index in [9.17, 15) is 14.7 Å². The van der Waals surface area contributed by atoms with Crippen LogP contribution in [0.5, 0.6) is 5.75 Å². The number of ether oxygens (including phenoxy) is 4. The number of anilines is 1. The van der Waals surface area contributed by atoms with Crippen molar-refractivity contribution in [3.63, 3.8) is 0 Å². The molecule has 3 aromatic rings. The predicted octanol–water partition coefficient (Wildman–Crippen LogP) is 4.88. The fourth-order valence-corrected chi connectivity index (χ4v) is 13.2. The molecule has 5 aliphatic heterocycles. The molecule has 10 atom stereocenters. The topological polar surface area (TPSA) is 134 Å². The third-order valence-electron chi connectivity index (χ3n) is 15.3. The first kappa shape index (κ1) is 39.1. The number of para-hydroxylation sites is 1. The molecule has 2 saturated heterocycles. The Morgan fingerprint density at radius 3 is 2.48 bits per heavy atom. The summed E-state index contributed by atoms with van der Waals surface area (Å²) in [6, 6.07) is 11.4. The van der Waals surface area contributed by atoms with Crippen molar-refractivity contribution in [2.75, 3.05) is 66.0 Å². The number of aromatic amines is 1. The Balaban J connectivity index is 1.35. The quantitative estimate of drug-likeness (QED) is 0.193. The minimum Gasteiger partial charge on any atom is -0.496 e. The number of aromatic nitrogens is 1. The largest absolute Gasteiger partial charge is 0.496 e. The molecule has 2 bridgehead atoms. The van der Waals surface area contributed by atoms with Gasteiger partial charge in [-0.15, -0.1) is 0 Å². The summed E-state index contributed by atoms with van der Waals surface area (Å²) in [5, 5.41) is 14.3. The summed E-state index contributed by atoms with van der Waals surface area (Å²) in [6.07, 6.45) is 5.59. The number of benzene rings is 2. The van der Waals surface area contributed by atoms with Gasteiger partial charge >= 0.3 is 17.9 Å². The number of carbonyl (C=O) groups is 3. The number of likely N-dealkylation sites (N-methyl/N-ethyl adjacent to an activating group) is 1. The number of H-pyrrole nitrogens is 1. The fourth-order valence-electron chi connectivity index (χ4n) is 13.2. The first-order valence-electron chi connectivity index (χ1n) is 21.2. The van der Waals surface area contributed by atoms with E-state index >= 15 is 4.79 Å². The average Bonchev–Trinajstić information content (AvgIpc) is 3.89. The van der Waals surface area contributed by atoms with Crippen molar-refractivity contribution in [3.05, 3.63) is 70.4 Å². The minimum absolute atomic E-state index is 0.187. The molecule has 2 N–H and O–H groups in total. The number of rotatable bonds is 7. The smallest absolute Gasteiger partial charge is 0.344 e. The van der Waals surface area contributed by atoms with E-state index in [0.29, 0.717) is 49.6 Å². The highest BCUT2D eigenvalue weighted by atomic mass is 16.6. The van der Waals surface area contributed by atoms with Gasteiger partial charge < -0.3 is 38.8 Å². The highest BCUT2D eigenvalue weighted by Gasteiger charge is 2.77. The molecule has 310 valence electrons. The molecule has 1 aliphatic carbocycles. The van der Waals surface area contributed by atoms with Gasteiger partial charge in [0.05, 0.1) is 27.4 Å². The van der Waals surface area contributed by atoms with Crippen molar-refractivity contribution in [1.29, 1.82) is 0 Å². The van der Waals surface area contributed by atoms with Crippen LogP contribution in [0.15, 0.2) is 48.0 Å². The van der Waals surface area contributed by atoms with Crippen molar-refractivity contribution in [2.24, 2.45) is 17.8 Å². The van der Waals surface area contributed by atoms with Crippen molar-refractivity contribution in [1.82, 2.24) is 14.8 Å². The Labute approximate surface area is 340 Å². The van der Waals surface area contributed by atoms with Crippen LogP contribution in [0.4, 0.5) is 5.69 Å². The van der Waals surface area contributed by atoms with Gasteiger partial charge in [-0.05, 0) is 73.7 Å². The second-order valence-corrected chi connectivity index (χ2v) is 17.8. The van der Waals surface area contributed by atoms with Gasteiger partial charge in [-0.2, -0.15) is 0 Å². The maximum absolute atomic E-state index is 15.3. The van der Waals surface area contributed by atoms with E-state index in [2.05, 4.69) is 59.0 Å². The van der Waals surface area contributed by atoms with E-state index in [-0.39, 0.29) is 17.9 Å². The lowest BCUT2D eigenvalue weighted by Crippen LogP contribution is -2.78. The number of methoxy groups -OCH3 is 3. The molecular weight excluding hydrogens is 737 g/mol. The zero-order valence-electron chi connectivity index (χ0n) is 34.9. The van der Waals surface area contributed by atoms with E-state index in [4.69, 9.17) is 18.9 Å². The highest BCUT2D eigenvalue weighted by Crippen LogP contribution is 2.65. The number of hydrogen-bond donors (Lipinski definition) is 2. The van der Waals surface area contributed by atoms with Crippen LogP contribution in [0.1, 0.15) is 75.3 Å². The molecule has 6 aliphatic rings. The van der Waals surface area contributed by atoms with E-state index in [1.165, 1.54) is 21.1 Å². The molecule has 12 heteroatoms. The van der Waals surface area contributed by atoms with Crippen LogP contribution in [0.2, 0.25) is 0 Å². The van der Waals surface area contributed by atoms with Crippen LogP contribution < -0.4 is 9.64 Å². The lowest BCUT2D eigenvalue weighted by Gasteiger charge is -2.59. The summed E-state index contributed by atoms with van der Waals surface area (Å²) >= 11 is 0. The Kier molecular flexibility index (Phi) is 9.52. The maximum Gasteiger partial charge on any atom is 0.344 e. The van der Waals surface area contributed by atoms with Gasteiger partial charge in [-0.3, -0.25) is 14.5 Å². The van der Waals surface area contributed by atoms with Gasteiger partial charge in [0.2, 0.25) is 5.60 Å². The molecule has 3 fully saturated rings. The second-order valence-electron chi connectivity index (χ2n) is 17.8. The van der Waals surface area contributed by atoms with Crippen LogP contribution in [0, 0.1) is 17.8 Å². The Morgan fingerprint density at radius 1 is 1.00 bits per heavy atom. The number of aliphatic hydroxyl groups is 1.